The largest absolute Gasteiger partial charge is 0.383 e. The van der Waals surface area contributed by atoms with Crippen LogP contribution in [0.1, 0.15) is 0 Å². The summed E-state index contributed by atoms with van der Waals surface area (Å²) in [5, 5.41) is 7.43. The molecule has 1 aromatic carbocycles. The Morgan fingerprint density at radius 2 is 2.00 bits per heavy atom. The van der Waals surface area contributed by atoms with E-state index in [1.165, 1.54) is 0 Å². The molecule has 2 N–H and O–H groups in total. The molecule has 0 aromatic heterocycles. The van der Waals surface area contributed by atoms with Gasteiger partial charge in [-0.2, -0.15) is 0 Å². The van der Waals surface area contributed by atoms with Gasteiger partial charge in [0, 0.05) is 13.7 Å². The molecular weight excluding hydrogens is 267 g/mol. The Morgan fingerprint density at radius 1 is 1.38 bits per heavy atom. The number of para-hydroxylation sites is 1. The van der Waals surface area contributed by atoms with Gasteiger partial charge >= 0.3 is 0 Å². The lowest BCUT2D eigenvalue weighted by Gasteiger charge is -2.12. The summed E-state index contributed by atoms with van der Waals surface area (Å²) in [6.45, 7) is 1.21. The zero-order valence-corrected chi connectivity index (χ0v) is 11.0. The van der Waals surface area contributed by atoms with Gasteiger partial charge in [0.05, 0.1) is 22.3 Å². The molecule has 0 aliphatic carbocycles. The Morgan fingerprint density at radius 3 is 2.56 bits per heavy atom. The van der Waals surface area contributed by atoms with Crippen LogP contribution in [-0.4, -0.2) is 25.4 Å². The zero-order valence-electron chi connectivity index (χ0n) is 8.72. The van der Waals surface area contributed by atoms with Crippen LogP contribution in [-0.2, 0) is 4.74 Å². The fourth-order valence-corrected chi connectivity index (χ4v) is 1.74. The Bertz CT molecular complexity index is 354. The van der Waals surface area contributed by atoms with Crippen molar-refractivity contribution in [1.29, 1.82) is 0 Å². The number of hydrogen-bond acceptors (Lipinski definition) is 2. The molecule has 3 nitrogen and oxygen atoms in total. The van der Waals surface area contributed by atoms with Crippen molar-refractivity contribution < 1.29 is 4.74 Å². The van der Waals surface area contributed by atoms with Gasteiger partial charge in [0.25, 0.3) is 0 Å². The topological polar surface area (TPSA) is 33.3 Å². The molecule has 88 valence electrons. The second-order valence-corrected chi connectivity index (χ2v) is 4.19. The van der Waals surface area contributed by atoms with E-state index in [0.717, 1.165) is 0 Å². The number of benzene rings is 1. The van der Waals surface area contributed by atoms with Crippen molar-refractivity contribution in [2.75, 3.05) is 25.6 Å². The molecule has 0 spiro atoms. The first-order valence-electron chi connectivity index (χ1n) is 4.63. The summed E-state index contributed by atoms with van der Waals surface area (Å²) >= 11 is 17.0. The Kier molecular flexibility index (Phi) is 5.84. The van der Waals surface area contributed by atoms with E-state index in [1.54, 1.807) is 25.3 Å². The van der Waals surface area contributed by atoms with E-state index in [0.29, 0.717) is 34.0 Å². The number of ether oxygens (including phenoxy) is 1. The quantitative estimate of drug-likeness (QED) is 0.656. The van der Waals surface area contributed by atoms with Crippen LogP contribution in [0, 0.1) is 0 Å². The lowest BCUT2D eigenvalue weighted by Crippen LogP contribution is -2.31. The number of thiocarbonyl (C=S) groups is 1. The zero-order chi connectivity index (χ0) is 12.0. The van der Waals surface area contributed by atoms with E-state index in [9.17, 15) is 0 Å². The average molecular weight is 279 g/mol. The molecule has 0 atom stereocenters. The number of methoxy groups -OCH3 is 1. The highest BCUT2D eigenvalue weighted by Crippen LogP contribution is 2.29. The first-order chi connectivity index (χ1) is 7.65. The summed E-state index contributed by atoms with van der Waals surface area (Å²) in [6.07, 6.45) is 0. The number of anilines is 1. The predicted molar refractivity (Wildman–Crippen MR) is 72.6 cm³/mol. The second-order valence-electron chi connectivity index (χ2n) is 2.97. The van der Waals surface area contributed by atoms with Gasteiger partial charge in [-0.1, -0.05) is 29.3 Å². The number of halogens is 2. The van der Waals surface area contributed by atoms with Gasteiger partial charge in [-0.25, -0.2) is 0 Å². The Balaban J connectivity index is 2.56. The number of hydrogen-bond donors (Lipinski definition) is 2. The molecule has 0 bridgehead atoms. The van der Waals surface area contributed by atoms with Crippen LogP contribution >= 0.6 is 35.4 Å². The van der Waals surface area contributed by atoms with Crippen molar-refractivity contribution >= 4 is 46.2 Å². The molecule has 0 amide bonds. The molecule has 16 heavy (non-hydrogen) atoms. The highest BCUT2D eigenvalue weighted by molar-refractivity contribution is 7.80. The van der Waals surface area contributed by atoms with Gasteiger partial charge in [0.15, 0.2) is 5.11 Å². The van der Waals surface area contributed by atoms with Gasteiger partial charge in [-0.05, 0) is 24.4 Å². The maximum absolute atomic E-state index is 5.98. The van der Waals surface area contributed by atoms with Crippen molar-refractivity contribution in [2.24, 2.45) is 0 Å². The highest BCUT2D eigenvalue weighted by atomic mass is 35.5. The summed E-state index contributed by atoms with van der Waals surface area (Å²) in [7, 11) is 1.63. The molecule has 1 aromatic rings. The maximum atomic E-state index is 5.98. The smallest absolute Gasteiger partial charge is 0.170 e. The summed E-state index contributed by atoms with van der Waals surface area (Å²) in [5.74, 6) is 0. The van der Waals surface area contributed by atoms with Crippen molar-refractivity contribution in [2.45, 2.75) is 0 Å². The highest BCUT2D eigenvalue weighted by Gasteiger charge is 2.06. The third-order valence-corrected chi connectivity index (χ3v) is 2.67. The van der Waals surface area contributed by atoms with Crippen LogP contribution in [0.15, 0.2) is 18.2 Å². The first-order valence-corrected chi connectivity index (χ1v) is 5.79. The van der Waals surface area contributed by atoms with Crippen molar-refractivity contribution in [3.63, 3.8) is 0 Å². The SMILES string of the molecule is COCCNC(=S)Nc1c(Cl)cccc1Cl. The summed E-state index contributed by atoms with van der Waals surface area (Å²) in [5.41, 5.74) is 0.612. The fraction of sp³-hybridized carbons (Fsp3) is 0.300. The first kappa shape index (κ1) is 13.5. The van der Waals surface area contributed by atoms with E-state index in [4.69, 9.17) is 40.2 Å². The minimum absolute atomic E-state index is 0.465. The molecule has 0 aliphatic rings. The summed E-state index contributed by atoms with van der Waals surface area (Å²) < 4.78 is 4.89. The van der Waals surface area contributed by atoms with E-state index in [1.807, 2.05) is 0 Å². The van der Waals surface area contributed by atoms with E-state index in [-0.39, 0.29) is 0 Å². The van der Waals surface area contributed by atoms with Crippen molar-refractivity contribution in [3.05, 3.63) is 28.2 Å². The number of nitrogens with one attached hydrogen (secondary N) is 2. The van der Waals surface area contributed by atoms with Crippen LogP contribution in [0.5, 0.6) is 0 Å². The van der Waals surface area contributed by atoms with Crippen LogP contribution in [0.25, 0.3) is 0 Å². The normalized spacial score (nSPS) is 9.94. The monoisotopic (exact) mass is 278 g/mol. The molecule has 0 aliphatic heterocycles. The van der Waals surface area contributed by atoms with Crippen molar-refractivity contribution in [1.82, 2.24) is 5.32 Å². The lowest BCUT2D eigenvalue weighted by atomic mass is 10.3. The van der Waals surface area contributed by atoms with Gasteiger partial charge < -0.3 is 15.4 Å². The Hall–Kier alpha value is -0.550. The van der Waals surface area contributed by atoms with Crippen LogP contribution in [0.3, 0.4) is 0 Å². The minimum Gasteiger partial charge on any atom is -0.383 e. The van der Waals surface area contributed by atoms with Gasteiger partial charge in [0.2, 0.25) is 0 Å². The van der Waals surface area contributed by atoms with Crippen LogP contribution < -0.4 is 10.6 Å². The maximum Gasteiger partial charge on any atom is 0.170 e. The summed E-state index contributed by atoms with van der Waals surface area (Å²) in [6, 6.07) is 5.26. The molecule has 6 heteroatoms. The molecule has 0 heterocycles. The summed E-state index contributed by atoms with van der Waals surface area (Å²) in [4.78, 5) is 0. The third kappa shape index (κ3) is 4.14. The van der Waals surface area contributed by atoms with Crippen LogP contribution in [0.4, 0.5) is 5.69 Å². The Labute approximate surface area is 110 Å². The van der Waals surface area contributed by atoms with E-state index >= 15 is 0 Å². The molecule has 0 radical (unpaired) electrons. The average Bonchev–Trinajstić information content (AvgIpc) is 2.24. The molecule has 0 unspecified atom stereocenters. The minimum atomic E-state index is 0.465. The third-order valence-electron chi connectivity index (χ3n) is 1.79. The number of rotatable bonds is 4. The van der Waals surface area contributed by atoms with E-state index < -0.39 is 0 Å². The van der Waals surface area contributed by atoms with Gasteiger partial charge in [-0.15, -0.1) is 0 Å². The van der Waals surface area contributed by atoms with Gasteiger partial charge in [0.1, 0.15) is 0 Å². The van der Waals surface area contributed by atoms with Gasteiger partial charge in [-0.3, -0.25) is 0 Å². The second kappa shape index (κ2) is 6.91. The molecule has 0 saturated carbocycles. The van der Waals surface area contributed by atoms with Crippen molar-refractivity contribution in [3.8, 4) is 0 Å². The standard InChI is InChI=1S/C10H12Cl2N2OS/c1-15-6-5-13-10(16)14-9-7(11)3-2-4-8(9)12/h2-4H,5-6H2,1H3,(H2,13,14,16). The molecule has 0 fully saturated rings. The molecular formula is C10H12Cl2N2OS. The van der Waals surface area contributed by atoms with Crippen LogP contribution in [0.2, 0.25) is 10.0 Å². The fourth-order valence-electron chi connectivity index (χ4n) is 1.04. The molecule has 1 rings (SSSR count). The molecule has 0 saturated heterocycles. The van der Waals surface area contributed by atoms with E-state index in [2.05, 4.69) is 10.6 Å². The predicted octanol–water partition coefficient (Wildman–Crippen LogP) is 2.93. The lowest BCUT2D eigenvalue weighted by molar-refractivity contribution is 0.204.